The number of nitro groups is 1. The molecule has 0 fully saturated rings. The van der Waals surface area contributed by atoms with Crippen LogP contribution < -0.4 is 10.1 Å². The minimum absolute atomic E-state index is 0.0581. The van der Waals surface area contributed by atoms with Crippen LogP contribution in [0, 0.1) is 16.0 Å². The summed E-state index contributed by atoms with van der Waals surface area (Å²) in [6.45, 7) is 3.93. The summed E-state index contributed by atoms with van der Waals surface area (Å²) in [4.78, 5) is 31.1. The first-order valence-electron chi connectivity index (χ1n) is 8.48. The van der Waals surface area contributed by atoms with Crippen LogP contribution in [0.5, 0.6) is 5.75 Å². The van der Waals surface area contributed by atoms with E-state index < -0.39 is 10.8 Å². The molecule has 27 heavy (non-hydrogen) atoms. The normalized spacial score (nSPS) is 12.1. The number of H-pyrrole nitrogens is 1. The number of nitrogens with one attached hydrogen (secondary N) is 2. The lowest BCUT2D eigenvalue weighted by Gasteiger charge is -2.20. The molecule has 1 aromatic heterocycles. The number of aromatic amines is 1. The van der Waals surface area contributed by atoms with Gasteiger partial charge < -0.3 is 15.0 Å². The molecule has 0 spiro atoms. The minimum atomic E-state index is -0.575. The monoisotopic (exact) mass is 368 g/mol. The average Bonchev–Trinajstić information content (AvgIpc) is 3.08. The molecule has 2 aromatic carbocycles. The molecule has 0 radical (unpaired) electrons. The maximum atomic E-state index is 12.7. The van der Waals surface area contributed by atoms with E-state index in [0.29, 0.717) is 5.82 Å². The number of imidazole rings is 1. The molecule has 1 unspecified atom stereocenters. The highest BCUT2D eigenvalue weighted by Gasteiger charge is 2.24. The van der Waals surface area contributed by atoms with E-state index in [-0.39, 0.29) is 29.0 Å². The zero-order chi connectivity index (χ0) is 19.6. The third kappa shape index (κ3) is 3.74. The van der Waals surface area contributed by atoms with E-state index in [2.05, 4.69) is 15.3 Å². The van der Waals surface area contributed by atoms with E-state index in [1.807, 2.05) is 38.1 Å². The number of carbonyl (C=O) groups is 1. The Morgan fingerprint density at radius 3 is 2.63 bits per heavy atom. The van der Waals surface area contributed by atoms with Gasteiger partial charge in [0.25, 0.3) is 5.91 Å². The Kier molecular flexibility index (Phi) is 5.07. The zero-order valence-corrected chi connectivity index (χ0v) is 15.2. The van der Waals surface area contributed by atoms with Gasteiger partial charge in [0.15, 0.2) is 5.75 Å². The van der Waals surface area contributed by atoms with E-state index in [1.54, 1.807) is 0 Å². The zero-order valence-electron chi connectivity index (χ0n) is 15.2. The fourth-order valence-electron chi connectivity index (χ4n) is 2.87. The first-order chi connectivity index (χ1) is 12.9. The maximum Gasteiger partial charge on any atom is 0.311 e. The van der Waals surface area contributed by atoms with E-state index in [4.69, 9.17) is 4.74 Å². The molecule has 0 aliphatic rings. The number of aromatic nitrogens is 2. The number of benzene rings is 2. The van der Waals surface area contributed by atoms with Gasteiger partial charge in [-0.3, -0.25) is 14.9 Å². The molecule has 1 heterocycles. The van der Waals surface area contributed by atoms with Gasteiger partial charge in [-0.1, -0.05) is 26.0 Å². The number of amides is 1. The van der Waals surface area contributed by atoms with Gasteiger partial charge in [0.1, 0.15) is 5.82 Å². The van der Waals surface area contributed by atoms with Gasteiger partial charge in [-0.2, -0.15) is 0 Å². The minimum Gasteiger partial charge on any atom is -0.490 e. The molecule has 0 saturated carbocycles. The molecule has 0 aliphatic heterocycles. The molecule has 0 saturated heterocycles. The topological polar surface area (TPSA) is 110 Å². The van der Waals surface area contributed by atoms with Gasteiger partial charge in [0.05, 0.1) is 29.1 Å². The average molecular weight is 368 g/mol. The van der Waals surface area contributed by atoms with Crippen LogP contribution in [0.2, 0.25) is 0 Å². The first kappa shape index (κ1) is 18.4. The lowest BCUT2D eigenvalue weighted by Crippen LogP contribution is -2.32. The highest BCUT2D eigenvalue weighted by atomic mass is 16.6. The molecule has 0 bridgehead atoms. The van der Waals surface area contributed by atoms with Crippen molar-refractivity contribution in [3.63, 3.8) is 0 Å². The van der Waals surface area contributed by atoms with Crippen LogP contribution in [0.1, 0.15) is 36.1 Å². The van der Waals surface area contributed by atoms with Crippen molar-refractivity contribution in [2.24, 2.45) is 5.92 Å². The highest BCUT2D eigenvalue weighted by Crippen LogP contribution is 2.28. The lowest BCUT2D eigenvalue weighted by atomic mass is 10.0. The number of fused-ring (bicyclic) bond motifs is 1. The Labute approximate surface area is 155 Å². The second-order valence-electron chi connectivity index (χ2n) is 6.48. The first-order valence-corrected chi connectivity index (χ1v) is 8.48. The van der Waals surface area contributed by atoms with Crippen LogP contribution in [0.3, 0.4) is 0 Å². The molecule has 1 amide bonds. The quantitative estimate of drug-likeness (QED) is 0.510. The van der Waals surface area contributed by atoms with Crippen molar-refractivity contribution >= 4 is 22.6 Å². The van der Waals surface area contributed by atoms with Crippen molar-refractivity contribution < 1.29 is 14.5 Å². The SMILES string of the molecule is COc1ccc(C(=O)NC(c2nc3ccccc3[nH]2)C(C)C)cc1[N+](=O)[O-]. The summed E-state index contributed by atoms with van der Waals surface area (Å²) < 4.78 is 4.98. The largest absolute Gasteiger partial charge is 0.490 e. The van der Waals surface area contributed by atoms with Crippen LogP contribution in [-0.4, -0.2) is 27.9 Å². The Morgan fingerprint density at radius 2 is 2.00 bits per heavy atom. The molecule has 8 heteroatoms. The van der Waals surface area contributed by atoms with E-state index in [0.717, 1.165) is 11.0 Å². The number of hydrogen-bond donors (Lipinski definition) is 2. The van der Waals surface area contributed by atoms with Crippen molar-refractivity contribution in [3.8, 4) is 5.75 Å². The predicted molar refractivity (Wildman–Crippen MR) is 101 cm³/mol. The van der Waals surface area contributed by atoms with Crippen LogP contribution in [0.25, 0.3) is 11.0 Å². The smallest absolute Gasteiger partial charge is 0.311 e. The number of carbonyl (C=O) groups excluding carboxylic acids is 1. The van der Waals surface area contributed by atoms with E-state index in [9.17, 15) is 14.9 Å². The fraction of sp³-hybridized carbons (Fsp3) is 0.263. The number of nitro benzene ring substituents is 1. The molecule has 3 aromatic rings. The van der Waals surface area contributed by atoms with Crippen molar-refractivity contribution in [1.29, 1.82) is 0 Å². The standard InChI is InChI=1S/C19H20N4O4/c1-11(2)17(18-20-13-6-4-5-7-14(13)21-18)22-19(24)12-8-9-16(27-3)15(10-12)23(25)26/h4-11,17H,1-3H3,(H,20,21)(H,22,24). The van der Waals surface area contributed by atoms with Crippen molar-refractivity contribution in [2.75, 3.05) is 7.11 Å². The number of methoxy groups -OCH3 is 1. The Balaban J connectivity index is 1.89. The summed E-state index contributed by atoms with van der Waals surface area (Å²) in [5, 5.41) is 14.1. The van der Waals surface area contributed by atoms with Gasteiger partial charge in [0.2, 0.25) is 0 Å². The molecular weight excluding hydrogens is 348 g/mol. The van der Waals surface area contributed by atoms with Crippen LogP contribution >= 0.6 is 0 Å². The number of para-hydroxylation sites is 2. The number of rotatable bonds is 6. The Hall–Kier alpha value is -3.42. The van der Waals surface area contributed by atoms with Gasteiger partial charge in [-0.25, -0.2) is 4.98 Å². The third-order valence-electron chi connectivity index (χ3n) is 4.29. The Morgan fingerprint density at radius 1 is 1.26 bits per heavy atom. The number of ether oxygens (including phenoxy) is 1. The summed E-state index contributed by atoms with van der Waals surface area (Å²) in [6, 6.07) is 11.4. The third-order valence-corrected chi connectivity index (χ3v) is 4.29. The van der Waals surface area contributed by atoms with Gasteiger partial charge in [-0.15, -0.1) is 0 Å². The van der Waals surface area contributed by atoms with E-state index >= 15 is 0 Å². The number of hydrogen-bond acceptors (Lipinski definition) is 5. The molecule has 3 rings (SSSR count). The van der Waals surface area contributed by atoms with Gasteiger partial charge in [-0.05, 0) is 30.2 Å². The molecule has 0 aliphatic carbocycles. The van der Waals surface area contributed by atoms with Gasteiger partial charge in [0, 0.05) is 11.6 Å². The fourth-order valence-corrected chi connectivity index (χ4v) is 2.87. The molecule has 1 atom stereocenters. The van der Waals surface area contributed by atoms with Gasteiger partial charge >= 0.3 is 5.69 Å². The Bertz CT molecular complexity index is 963. The summed E-state index contributed by atoms with van der Waals surface area (Å²) in [5.41, 5.74) is 1.62. The summed E-state index contributed by atoms with van der Waals surface area (Å²) >= 11 is 0. The second-order valence-corrected chi connectivity index (χ2v) is 6.48. The molecule has 140 valence electrons. The second kappa shape index (κ2) is 7.45. The van der Waals surface area contributed by atoms with Crippen molar-refractivity contribution in [3.05, 3.63) is 64.0 Å². The number of nitrogens with zero attached hydrogens (tertiary/aromatic N) is 2. The summed E-state index contributed by atoms with van der Waals surface area (Å²) in [5.74, 6) is 0.388. The summed E-state index contributed by atoms with van der Waals surface area (Å²) in [6.07, 6.45) is 0. The lowest BCUT2D eigenvalue weighted by molar-refractivity contribution is -0.385. The van der Waals surface area contributed by atoms with Crippen LogP contribution in [-0.2, 0) is 0 Å². The molecule has 2 N–H and O–H groups in total. The molecule has 8 nitrogen and oxygen atoms in total. The van der Waals surface area contributed by atoms with Crippen LogP contribution in [0.15, 0.2) is 42.5 Å². The van der Waals surface area contributed by atoms with Crippen molar-refractivity contribution in [1.82, 2.24) is 15.3 Å². The van der Waals surface area contributed by atoms with Crippen molar-refractivity contribution in [2.45, 2.75) is 19.9 Å². The predicted octanol–water partition coefficient (Wildman–Crippen LogP) is 3.61. The van der Waals surface area contributed by atoms with Crippen LogP contribution in [0.4, 0.5) is 5.69 Å². The summed E-state index contributed by atoms with van der Waals surface area (Å²) in [7, 11) is 1.35. The molecular formula is C19H20N4O4. The van der Waals surface area contributed by atoms with E-state index in [1.165, 1.54) is 25.3 Å². The maximum absolute atomic E-state index is 12.7. The highest BCUT2D eigenvalue weighted by molar-refractivity contribution is 5.95.